The van der Waals surface area contributed by atoms with Crippen molar-refractivity contribution in [2.75, 3.05) is 65.8 Å². The Bertz CT molecular complexity index is 220. The molecule has 132 valence electrons. The molecule has 1 rings (SSSR count). The van der Waals surface area contributed by atoms with Crippen molar-refractivity contribution in [3.05, 3.63) is 0 Å². The van der Waals surface area contributed by atoms with E-state index >= 15 is 0 Å². The highest BCUT2D eigenvalue weighted by molar-refractivity contribution is 4.69. The highest BCUT2D eigenvalue weighted by atomic mass is 16.5. The van der Waals surface area contributed by atoms with Gasteiger partial charge in [-0.15, -0.1) is 0 Å². The van der Waals surface area contributed by atoms with Crippen LogP contribution in [0, 0.1) is 0 Å². The maximum absolute atomic E-state index is 5.97. The number of hydrogen-bond acceptors (Lipinski definition) is 6. The molecule has 0 aliphatic carbocycles. The van der Waals surface area contributed by atoms with E-state index in [0.29, 0.717) is 39.6 Å². The van der Waals surface area contributed by atoms with Crippen molar-refractivity contribution in [2.45, 2.75) is 38.9 Å². The second-order valence-electron chi connectivity index (χ2n) is 5.36. The molecule has 1 fully saturated rings. The molecule has 2 atom stereocenters. The predicted octanol–water partition coefficient (Wildman–Crippen LogP) is 0.803. The van der Waals surface area contributed by atoms with E-state index in [1.165, 1.54) is 0 Å². The average molecular weight is 318 g/mol. The Morgan fingerprint density at radius 1 is 0.636 bits per heavy atom. The molecule has 1 saturated heterocycles. The molecule has 0 aromatic carbocycles. The number of ether oxygens (including phenoxy) is 4. The zero-order chi connectivity index (χ0) is 15.9. The van der Waals surface area contributed by atoms with Gasteiger partial charge in [-0.3, -0.25) is 0 Å². The molecule has 1 aliphatic heterocycles. The van der Waals surface area contributed by atoms with E-state index in [1.54, 1.807) is 0 Å². The normalized spacial score (nSPS) is 28.6. The van der Waals surface area contributed by atoms with Gasteiger partial charge < -0.3 is 29.6 Å². The molecule has 0 bridgehead atoms. The minimum absolute atomic E-state index is 0.172. The molecule has 2 N–H and O–H groups in total. The van der Waals surface area contributed by atoms with E-state index in [9.17, 15) is 0 Å². The number of hydrogen-bond donors (Lipinski definition) is 2. The third-order valence-corrected chi connectivity index (χ3v) is 3.66. The molecular formula is C16H34N2O4. The molecular weight excluding hydrogens is 284 g/mol. The quantitative estimate of drug-likeness (QED) is 0.785. The molecule has 22 heavy (non-hydrogen) atoms. The van der Waals surface area contributed by atoms with Gasteiger partial charge in [0.25, 0.3) is 0 Å². The van der Waals surface area contributed by atoms with Crippen LogP contribution in [0.2, 0.25) is 0 Å². The summed E-state index contributed by atoms with van der Waals surface area (Å²) in [4.78, 5) is 0. The molecule has 0 amide bonds. The van der Waals surface area contributed by atoms with Crippen molar-refractivity contribution >= 4 is 0 Å². The number of nitrogens with one attached hydrogen (secondary N) is 2. The fraction of sp³-hybridized carbons (Fsp3) is 1.00. The Balaban J connectivity index is 2.32. The molecule has 0 saturated carbocycles. The lowest BCUT2D eigenvalue weighted by Crippen LogP contribution is -2.35. The molecule has 0 spiro atoms. The third-order valence-electron chi connectivity index (χ3n) is 3.66. The van der Waals surface area contributed by atoms with E-state index in [2.05, 4.69) is 24.5 Å². The van der Waals surface area contributed by atoms with Gasteiger partial charge in [0.2, 0.25) is 0 Å². The van der Waals surface area contributed by atoms with Gasteiger partial charge in [-0.2, -0.15) is 0 Å². The molecule has 6 heteroatoms. The molecule has 1 heterocycles. The van der Waals surface area contributed by atoms with E-state index in [0.717, 1.165) is 39.0 Å². The summed E-state index contributed by atoms with van der Waals surface area (Å²) < 4.78 is 22.9. The van der Waals surface area contributed by atoms with Crippen LogP contribution in [0.4, 0.5) is 0 Å². The summed E-state index contributed by atoms with van der Waals surface area (Å²) in [5.41, 5.74) is 0. The molecule has 0 aromatic heterocycles. The van der Waals surface area contributed by atoms with Crippen molar-refractivity contribution in [1.82, 2.24) is 10.6 Å². The topological polar surface area (TPSA) is 61.0 Å². The predicted molar refractivity (Wildman–Crippen MR) is 87.4 cm³/mol. The summed E-state index contributed by atoms with van der Waals surface area (Å²) in [6.45, 7) is 11.8. The first kappa shape index (κ1) is 19.8. The second-order valence-corrected chi connectivity index (χ2v) is 5.36. The van der Waals surface area contributed by atoms with E-state index in [1.807, 2.05) is 0 Å². The van der Waals surface area contributed by atoms with Crippen LogP contribution in [-0.4, -0.2) is 78.0 Å². The van der Waals surface area contributed by atoms with E-state index in [-0.39, 0.29) is 12.2 Å². The molecule has 0 radical (unpaired) electrons. The summed E-state index contributed by atoms with van der Waals surface area (Å²) in [5, 5.41) is 6.65. The average Bonchev–Trinajstić information content (AvgIpc) is 2.54. The second kappa shape index (κ2) is 14.4. The van der Waals surface area contributed by atoms with Crippen LogP contribution in [0.3, 0.4) is 0 Å². The van der Waals surface area contributed by atoms with Crippen LogP contribution in [0.25, 0.3) is 0 Å². The lowest BCUT2D eigenvalue weighted by molar-refractivity contribution is -0.0743. The van der Waals surface area contributed by atoms with Gasteiger partial charge in [0, 0.05) is 26.2 Å². The summed E-state index contributed by atoms with van der Waals surface area (Å²) in [6, 6.07) is 0. The van der Waals surface area contributed by atoms with E-state index in [4.69, 9.17) is 18.9 Å². The minimum atomic E-state index is 0.172. The molecule has 2 unspecified atom stereocenters. The minimum Gasteiger partial charge on any atom is -0.378 e. The van der Waals surface area contributed by atoms with Gasteiger partial charge in [-0.1, -0.05) is 13.8 Å². The Morgan fingerprint density at radius 3 is 1.45 bits per heavy atom. The van der Waals surface area contributed by atoms with Crippen LogP contribution >= 0.6 is 0 Å². The van der Waals surface area contributed by atoms with E-state index < -0.39 is 0 Å². The van der Waals surface area contributed by atoms with Gasteiger partial charge in [-0.05, 0) is 12.8 Å². The van der Waals surface area contributed by atoms with Gasteiger partial charge in [0.05, 0.1) is 51.8 Å². The maximum atomic E-state index is 5.97. The van der Waals surface area contributed by atoms with Crippen LogP contribution in [-0.2, 0) is 18.9 Å². The summed E-state index contributed by atoms with van der Waals surface area (Å²) in [7, 11) is 0. The largest absolute Gasteiger partial charge is 0.378 e. The summed E-state index contributed by atoms with van der Waals surface area (Å²) >= 11 is 0. The summed E-state index contributed by atoms with van der Waals surface area (Å²) in [5.74, 6) is 0. The number of rotatable bonds is 2. The van der Waals surface area contributed by atoms with Gasteiger partial charge in [0.1, 0.15) is 0 Å². The SMILES string of the molecule is CCC1OCCNCCOCCOCCNCCOC1CC. The van der Waals surface area contributed by atoms with Crippen LogP contribution in [0.1, 0.15) is 26.7 Å². The van der Waals surface area contributed by atoms with Crippen LogP contribution in [0.15, 0.2) is 0 Å². The zero-order valence-electron chi connectivity index (χ0n) is 14.3. The zero-order valence-corrected chi connectivity index (χ0v) is 14.3. The van der Waals surface area contributed by atoms with Crippen molar-refractivity contribution in [3.63, 3.8) is 0 Å². The Morgan fingerprint density at radius 2 is 1.05 bits per heavy atom. The Hall–Kier alpha value is -0.240. The van der Waals surface area contributed by atoms with Gasteiger partial charge >= 0.3 is 0 Å². The van der Waals surface area contributed by atoms with Crippen molar-refractivity contribution < 1.29 is 18.9 Å². The molecule has 0 aromatic rings. The monoisotopic (exact) mass is 318 g/mol. The molecule has 1 aliphatic rings. The lowest BCUT2D eigenvalue weighted by Gasteiger charge is -2.26. The summed E-state index contributed by atoms with van der Waals surface area (Å²) in [6.07, 6.45) is 2.29. The highest BCUT2D eigenvalue weighted by Gasteiger charge is 2.19. The van der Waals surface area contributed by atoms with Gasteiger partial charge in [-0.25, -0.2) is 0 Å². The standard InChI is InChI=1S/C16H34N2O4/c1-3-15-16(4-2)22-12-8-18-6-10-20-14-13-19-9-5-17-7-11-21-15/h15-18H,3-14H2,1-2H3. The first-order chi connectivity index (χ1) is 10.9. The fourth-order valence-electron chi connectivity index (χ4n) is 2.40. The Labute approximate surface area is 135 Å². The first-order valence-electron chi connectivity index (χ1n) is 8.68. The smallest absolute Gasteiger partial charge is 0.0834 e. The fourth-order valence-corrected chi connectivity index (χ4v) is 2.40. The highest BCUT2D eigenvalue weighted by Crippen LogP contribution is 2.11. The lowest BCUT2D eigenvalue weighted by atomic mass is 10.1. The van der Waals surface area contributed by atoms with Crippen molar-refractivity contribution in [3.8, 4) is 0 Å². The van der Waals surface area contributed by atoms with Gasteiger partial charge in [0.15, 0.2) is 0 Å². The third kappa shape index (κ3) is 9.71. The van der Waals surface area contributed by atoms with Crippen molar-refractivity contribution in [2.24, 2.45) is 0 Å². The molecule has 6 nitrogen and oxygen atoms in total. The Kier molecular flexibility index (Phi) is 12.9. The van der Waals surface area contributed by atoms with Crippen LogP contribution < -0.4 is 10.6 Å². The first-order valence-corrected chi connectivity index (χ1v) is 8.68. The maximum Gasteiger partial charge on any atom is 0.0834 e. The van der Waals surface area contributed by atoms with Crippen molar-refractivity contribution in [1.29, 1.82) is 0 Å². The van der Waals surface area contributed by atoms with Crippen LogP contribution in [0.5, 0.6) is 0 Å².